The number of carbonyl (C=O) groups excluding carboxylic acids is 3. The molecule has 2 amide bonds. The van der Waals surface area contributed by atoms with Gasteiger partial charge in [0.2, 0.25) is 5.69 Å². The van der Waals surface area contributed by atoms with Crippen molar-refractivity contribution in [3.63, 3.8) is 0 Å². The van der Waals surface area contributed by atoms with Crippen molar-refractivity contribution in [1.29, 1.82) is 0 Å². The fourth-order valence-electron chi connectivity index (χ4n) is 9.48. The Kier molecular flexibility index (Phi) is 15.2. The van der Waals surface area contributed by atoms with Gasteiger partial charge in [-0.2, -0.15) is 17.7 Å². The van der Waals surface area contributed by atoms with Crippen molar-refractivity contribution < 1.29 is 59.1 Å². The molecule has 0 aromatic heterocycles. The van der Waals surface area contributed by atoms with Gasteiger partial charge in [-0.05, 0) is 87.6 Å². The number of imide groups is 1. The molecule has 1 saturated heterocycles. The van der Waals surface area contributed by atoms with Crippen LogP contribution in [0.25, 0.3) is 5.57 Å². The lowest BCUT2D eigenvalue weighted by Crippen LogP contribution is -2.35. The molecular formula is C48H61F4N3O8S. The van der Waals surface area contributed by atoms with Gasteiger partial charge in [-0.1, -0.05) is 54.2 Å². The largest absolute Gasteiger partial charge is 0.748 e. The Bertz CT molecular complexity index is 2400. The highest BCUT2D eigenvalue weighted by molar-refractivity contribution is 7.85. The summed E-state index contributed by atoms with van der Waals surface area (Å²) in [6, 6.07) is 3.76. The van der Waals surface area contributed by atoms with E-state index in [1.165, 1.54) is 16.8 Å². The smallest absolute Gasteiger partial charge is 0.417 e. The normalized spacial score (nSPS) is 20.1. The van der Waals surface area contributed by atoms with Crippen LogP contribution in [0.5, 0.6) is 5.75 Å². The zero-order valence-electron chi connectivity index (χ0n) is 35.6. The molecule has 0 N–H and O–H groups in total. The number of rotatable bonds is 14. The monoisotopic (exact) mass is 915 g/mol. The van der Waals surface area contributed by atoms with Gasteiger partial charge in [-0.3, -0.25) is 9.59 Å². The quantitative estimate of drug-likeness (QED) is 0.0597. The fraction of sp³-hybridized carbons (Fsp3) is 0.542. The number of nitrogens with zero attached hydrogens (tertiary/aromatic N) is 3. The minimum absolute atomic E-state index is 0. The summed E-state index contributed by atoms with van der Waals surface area (Å²) in [6.45, 7) is 9.94. The Balaban J connectivity index is 0.00000385. The van der Waals surface area contributed by atoms with Crippen molar-refractivity contribution in [2.24, 2.45) is 5.41 Å². The van der Waals surface area contributed by atoms with Gasteiger partial charge in [0, 0.05) is 78.9 Å². The number of hydrogen-bond donors (Lipinski definition) is 0. The molecule has 0 radical (unpaired) electrons. The molecule has 0 saturated carbocycles. The number of allylic oxidation sites excluding steroid dienone is 6. The molecule has 350 valence electrons. The van der Waals surface area contributed by atoms with Crippen LogP contribution in [0, 0.1) is 11.2 Å². The average Bonchev–Trinajstić information content (AvgIpc) is 3.62. The van der Waals surface area contributed by atoms with Gasteiger partial charge in [-0.15, -0.1) is 5.06 Å². The van der Waals surface area contributed by atoms with Gasteiger partial charge in [0.05, 0.1) is 26.7 Å². The van der Waals surface area contributed by atoms with E-state index >= 15 is 4.39 Å². The summed E-state index contributed by atoms with van der Waals surface area (Å²) in [5, 5.41) is 0.475. The molecule has 5 heterocycles. The first kappa shape index (κ1) is 50.2. The molecule has 11 nitrogen and oxygen atoms in total. The number of aryl methyl sites for hydroxylation is 1. The van der Waals surface area contributed by atoms with Gasteiger partial charge in [0.25, 0.3) is 11.8 Å². The summed E-state index contributed by atoms with van der Waals surface area (Å²) >= 11 is 0. The van der Waals surface area contributed by atoms with Crippen molar-refractivity contribution in [1.82, 2.24) is 5.06 Å². The number of carbonyl (C=O) groups is 3. The predicted molar refractivity (Wildman–Crippen MR) is 237 cm³/mol. The highest BCUT2D eigenvalue weighted by Crippen LogP contribution is 2.51. The van der Waals surface area contributed by atoms with Crippen LogP contribution >= 0.6 is 0 Å². The number of unbranched alkanes of at least 4 members (excludes halogenated alkanes) is 3. The maximum absolute atomic E-state index is 15.3. The average molecular weight is 916 g/mol. The fourth-order valence-corrected chi connectivity index (χ4v) is 10.0. The molecule has 5 aliphatic rings. The van der Waals surface area contributed by atoms with Gasteiger partial charge < -0.3 is 19.0 Å². The lowest BCUT2D eigenvalue weighted by Gasteiger charge is -2.40. The number of hydroxylamine groups is 2. The summed E-state index contributed by atoms with van der Waals surface area (Å²) in [5.41, 5.74) is 2.89. The van der Waals surface area contributed by atoms with Gasteiger partial charge in [0.1, 0.15) is 23.9 Å². The summed E-state index contributed by atoms with van der Waals surface area (Å²) in [6.07, 6.45) is 7.19. The van der Waals surface area contributed by atoms with E-state index in [0.717, 1.165) is 67.5 Å². The number of benzene rings is 2. The predicted octanol–water partition coefficient (Wildman–Crippen LogP) is 10.0. The third kappa shape index (κ3) is 10.5. The second kappa shape index (κ2) is 19.3. The van der Waals surface area contributed by atoms with Crippen molar-refractivity contribution in [2.45, 2.75) is 138 Å². The van der Waals surface area contributed by atoms with E-state index in [-0.39, 0.29) is 83.0 Å². The lowest BCUT2D eigenvalue weighted by atomic mass is 9.73. The first-order chi connectivity index (χ1) is 29.2. The molecule has 64 heavy (non-hydrogen) atoms. The van der Waals surface area contributed by atoms with Crippen LogP contribution in [0.2, 0.25) is 0 Å². The lowest BCUT2D eigenvalue weighted by molar-refractivity contribution is -0.438. The third-order valence-corrected chi connectivity index (χ3v) is 13.2. The number of ether oxygens (including phenoxy) is 1. The maximum Gasteiger partial charge on any atom is 0.417 e. The Morgan fingerprint density at radius 3 is 2.31 bits per heavy atom. The molecule has 0 bridgehead atoms. The van der Waals surface area contributed by atoms with Crippen LogP contribution in [0.4, 0.5) is 28.9 Å². The number of fused-ring (bicyclic) bond motifs is 3. The van der Waals surface area contributed by atoms with Crippen LogP contribution in [0.1, 0.15) is 141 Å². The maximum atomic E-state index is 15.3. The molecule has 1 atom stereocenters. The molecule has 0 spiro atoms. The highest BCUT2D eigenvalue weighted by atomic mass is 32.2. The van der Waals surface area contributed by atoms with E-state index < -0.39 is 56.6 Å². The van der Waals surface area contributed by atoms with Crippen molar-refractivity contribution in [3.05, 3.63) is 81.9 Å². The number of amides is 2. The molecule has 2 aromatic rings. The molecule has 0 aliphatic carbocycles. The van der Waals surface area contributed by atoms with E-state index in [1.54, 1.807) is 23.7 Å². The van der Waals surface area contributed by atoms with Crippen LogP contribution in [-0.4, -0.2) is 71.5 Å². The highest BCUT2D eigenvalue weighted by Gasteiger charge is 2.53. The van der Waals surface area contributed by atoms with E-state index in [1.807, 2.05) is 12.2 Å². The molecule has 1 unspecified atom stereocenters. The summed E-state index contributed by atoms with van der Waals surface area (Å²) < 4.78 is 103. The van der Waals surface area contributed by atoms with Crippen molar-refractivity contribution in [2.75, 3.05) is 30.3 Å². The van der Waals surface area contributed by atoms with Crippen LogP contribution in [0.15, 0.2) is 48.3 Å². The van der Waals surface area contributed by atoms with Crippen LogP contribution in [-0.2, 0) is 53.8 Å². The molecular weight excluding hydrogens is 855 g/mol. The molecule has 1 fully saturated rings. The minimum atomic E-state index is -4.94. The molecule has 5 aliphatic heterocycles. The van der Waals surface area contributed by atoms with Gasteiger partial charge in [0.15, 0.2) is 5.71 Å². The number of alkyl halides is 3. The van der Waals surface area contributed by atoms with E-state index in [4.69, 9.17) is 9.57 Å². The number of halogens is 4. The molecule has 7 rings (SSSR count). The SMILES string of the molecule is C.C.CC(C)(C)C1=CC(=CC=CC2=[N+](CCCCCC(=O)ON3C(=O)CCC3=O)c3cc(F)cc(C(F)(F)F)c3C2(C)CCCCS(=O)(=O)[O-])c2cc3c4c(c2O1)CCCN4CCC3. The van der Waals surface area contributed by atoms with Crippen LogP contribution < -0.4 is 9.64 Å². The second-order valence-corrected chi connectivity index (χ2v) is 19.6. The van der Waals surface area contributed by atoms with Crippen molar-refractivity contribution in [3.8, 4) is 5.75 Å². The number of anilines is 1. The first-order valence-electron chi connectivity index (χ1n) is 21.4. The zero-order valence-corrected chi connectivity index (χ0v) is 36.4. The summed E-state index contributed by atoms with van der Waals surface area (Å²) in [4.78, 5) is 43.7. The van der Waals surface area contributed by atoms with Crippen LogP contribution in [0.3, 0.4) is 0 Å². The number of hydrogen-bond acceptors (Lipinski definition) is 9. The molecule has 16 heteroatoms. The summed E-state index contributed by atoms with van der Waals surface area (Å²) in [5.74, 6) is -2.14. The van der Waals surface area contributed by atoms with E-state index in [0.29, 0.717) is 29.7 Å². The molecule has 2 aromatic carbocycles. The van der Waals surface area contributed by atoms with E-state index in [2.05, 4.69) is 31.7 Å². The Hall–Kier alpha value is -4.83. The van der Waals surface area contributed by atoms with Gasteiger partial charge in [-0.25, -0.2) is 17.6 Å². The second-order valence-electron chi connectivity index (χ2n) is 18.1. The van der Waals surface area contributed by atoms with Gasteiger partial charge >= 0.3 is 12.1 Å². The minimum Gasteiger partial charge on any atom is -0.748 e. The zero-order chi connectivity index (χ0) is 44.8. The Morgan fingerprint density at radius 2 is 1.66 bits per heavy atom. The first-order valence-corrected chi connectivity index (χ1v) is 23.0. The van der Waals surface area contributed by atoms with Crippen molar-refractivity contribution >= 4 is 50.6 Å². The Morgan fingerprint density at radius 1 is 0.969 bits per heavy atom. The standard InChI is InChI=1S/C46H53F4N3O8S.2CH4/c1-44(2,3)37-26-29(33-25-30-14-11-21-51-22-12-15-32(42(30)51)43(33)60-37)13-10-16-36-45(4,20-7-9-24-62(57,58)59)41-34(46(48,49)50)27-31(47)28-35(41)52(36)23-8-5-6-17-40(56)61-53-38(54)18-19-39(53)55;;/h10,13,16,25-28H,5-9,11-12,14-15,17-24H2,1-4H3;2*1H4. The third-order valence-electron chi connectivity index (χ3n) is 12.4. The Labute approximate surface area is 374 Å². The van der Waals surface area contributed by atoms with E-state index in [9.17, 15) is 40.5 Å². The summed E-state index contributed by atoms with van der Waals surface area (Å²) in [7, 11) is -4.58. The topological polar surface area (TPSA) is 136 Å².